The molecule has 0 bridgehead atoms. The van der Waals surface area contributed by atoms with Crippen molar-refractivity contribution in [3.63, 3.8) is 0 Å². The van der Waals surface area contributed by atoms with E-state index in [-0.39, 0.29) is 22.8 Å². The van der Waals surface area contributed by atoms with E-state index in [0.717, 1.165) is 4.31 Å². The van der Waals surface area contributed by atoms with Gasteiger partial charge in [-0.3, -0.25) is 4.79 Å². The van der Waals surface area contributed by atoms with Gasteiger partial charge in [-0.1, -0.05) is 0 Å². The summed E-state index contributed by atoms with van der Waals surface area (Å²) in [6, 6.07) is 5.07. The second kappa shape index (κ2) is 8.53. The number of sulfonamides is 1. The number of carbonyl (C=O) groups excluding carboxylic acids is 2. The summed E-state index contributed by atoms with van der Waals surface area (Å²) in [4.78, 5) is 27.0. The predicted molar refractivity (Wildman–Crippen MR) is 101 cm³/mol. The minimum atomic E-state index is -4.16. The van der Waals surface area contributed by atoms with E-state index >= 15 is 0 Å². The number of halogens is 1. The number of aryl methyl sites for hydroxylation is 2. The van der Waals surface area contributed by atoms with Crippen LogP contribution in [0.3, 0.4) is 0 Å². The van der Waals surface area contributed by atoms with Gasteiger partial charge in [0, 0.05) is 24.1 Å². The molecule has 152 valence electrons. The van der Waals surface area contributed by atoms with Crippen LogP contribution in [0.25, 0.3) is 0 Å². The van der Waals surface area contributed by atoms with E-state index in [9.17, 15) is 22.4 Å². The summed E-state index contributed by atoms with van der Waals surface area (Å²) in [5.41, 5.74) is 0.883. The van der Waals surface area contributed by atoms with Crippen molar-refractivity contribution in [2.75, 3.05) is 25.5 Å². The van der Waals surface area contributed by atoms with Crippen LogP contribution < -0.4 is 5.32 Å². The Morgan fingerprint density at radius 2 is 1.79 bits per heavy atom. The molecule has 2 rings (SSSR count). The quantitative estimate of drug-likeness (QED) is 0.679. The molecule has 2 N–H and O–H groups in total. The molecule has 10 heteroatoms. The summed E-state index contributed by atoms with van der Waals surface area (Å²) in [6.45, 7) is 4.31. The fraction of sp³-hybridized carbons (Fsp3) is 0.333. The number of nitrogens with one attached hydrogen (secondary N) is 2. The summed E-state index contributed by atoms with van der Waals surface area (Å²) in [6.07, 6.45) is 0. The SMILES string of the molecule is CCOC(=O)c1c(C)[nH]c(C)c1S(=O)(=O)N(C)CC(=O)Nc1ccc(F)cc1. The molecule has 0 saturated heterocycles. The molecule has 1 aromatic carbocycles. The van der Waals surface area contributed by atoms with Gasteiger partial charge in [0.05, 0.1) is 13.2 Å². The highest BCUT2D eigenvalue weighted by Gasteiger charge is 2.33. The molecular weight excluding hydrogens is 389 g/mol. The van der Waals surface area contributed by atoms with Gasteiger partial charge >= 0.3 is 5.97 Å². The fourth-order valence-electron chi connectivity index (χ4n) is 2.71. The normalized spacial score (nSPS) is 11.5. The Morgan fingerprint density at radius 3 is 2.36 bits per heavy atom. The molecule has 1 aromatic heterocycles. The topological polar surface area (TPSA) is 109 Å². The molecule has 0 aliphatic rings. The number of anilines is 1. The van der Waals surface area contributed by atoms with Crippen LogP contribution >= 0.6 is 0 Å². The number of aromatic nitrogens is 1. The molecule has 0 atom stereocenters. The highest BCUT2D eigenvalue weighted by atomic mass is 32.2. The van der Waals surface area contributed by atoms with Crippen LogP contribution in [-0.2, 0) is 19.6 Å². The number of esters is 1. The summed E-state index contributed by atoms with van der Waals surface area (Å²) < 4.78 is 44.7. The predicted octanol–water partition coefficient (Wildman–Crippen LogP) is 2.21. The number of rotatable bonds is 7. The van der Waals surface area contributed by atoms with Crippen LogP contribution in [0, 0.1) is 19.7 Å². The number of hydrogen-bond acceptors (Lipinski definition) is 5. The Bertz CT molecular complexity index is 983. The second-order valence-electron chi connectivity index (χ2n) is 6.12. The summed E-state index contributed by atoms with van der Waals surface area (Å²) in [5, 5.41) is 2.49. The van der Waals surface area contributed by atoms with Gasteiger partial charge in [0.25, 0.3) is 0 Å². The number of ether oxygens (including phenoxy) is 1. The van der Waals surface area contributed by atoms with Crippen molar-refractivity contribution in [1.82, 2.24) is 9.29 Å². The standard InChI is InChI=1S/C18H22FN3O5S/c1-5-27-18(24)16-11(2)20-12(3)17(16)28(25,26)22(4)10-15(23)21-14-8-6-13(19)7-9-14/h6-9,20H,5,10H2,1-4H3,(H,21,23). The third-order valence-electron chi connectivity index (χ3n) is 3.96. The van der Waals surface area contributed by atoms with E-state index in [2.05, 4.69) is 10.3 Å². The molecule has 2 aromatic rings. The van der Waals surface area contributed by atoms with Crippen molar-refractivity contribution >= 4 is 27.6 Å². The van der Waals surface area contributed by atoms with Crippen molar-refractivity contribution < 1.29 is 27.1 Å². The van der Waals surface area contributed by atoms with Crippen molar-refractivity contribution in [3.05, 3.63) is 47.0 Å². The first-order valence-electron chi connectivity index (χ1n) is 8.46. The molecule has 1 amide bonds. The van der Waals surface area contributed by atoms with E-state index < -0.39 is 34.3 Å². The Morgan fingerprint density at radius 1 is 1.18 bits per heavy atom. The number of carbonyl (C=O) groups is 2. The molecule has 1 heterocycles. The molecule has 0 aliphatic carbocycles. The van der Waals surface area contributed by atoms with Gasteiger partial charge < -0.3 is 15.0 Å². The molecular formula is C18H22FN3O5S. The number of nitrogens with zero attached hydrogens (tertiary/aromatic N) is 1. The van der Waals surface area contributed by atoms with Gasteiger partial charge in [-0.25, -0.2) is 17.6 Å². The lowest BCUT2D eigenvalue weighted by atomic mass is 10.2. The number of benzene rings is 1. The molecule has 8 nitrogen and oxygen atoms in total. The Balaban J connectivity index is 2.25. The van der Waals surface area contributed by atoms with Gasteiger partial charge in [0.2, 0.25) is 15.9 Å². The molecule has 0 aliphatic heterocycles. The number of H-pyrrole nitrogens is 1. The van der Waals surface area contributed by atoms with Gasteiger partial charge in [-0.15, -0.1) is 0 Å². The zero-order valence-corrected chi connectivity index (χ0v) is 16.8. The summed E-state index contributed by atoms with van der Waals surface area (Å²) >= 11 is 0. The van der Waals surface area contributed by atoms with Crippen LogP contribution in [0.15, 0.2) is 29.2 Å². The zero-order chi connectivity index (χ0) is 21.1. The van der Waals surface area contributed by atoms with Gasteiger partial charge in [0.15, 0.2) is 0 Å². The molecule has 0 saturated carbocycles. The first-order chi connectivity index (χ1) is 13.1. The van der Waals surface area contributed by atoms with Crippen LogP contribution in [0.1, 0.15) is 28.7 Å². The number of amides is 1. The molecule has 0 unspecified atom stereocenters. The van der Waals surface area contributed by atoms with Gasteiger partial charge in [-0.2, -0.15) is 4.31 Å². The van der Waals surface area contributed by atoms with Crippen molar-refractivity contribution in [1.29, 1.82) is 0 Å². The highest BCUT2D eigenvalue weighted by molar-refractivity contribution is 7.89. The average Bonchev–Trinajstić information content (AvgIpc) is 2.91. The Hall–Kier alpha value is -2.72. The minimum absolute atomic E-state index is 0.0786. The zero-order valence-electron chi connectivity index (χ0n) is 16.0. The van der Waals surface area contributed by atoms with E-state index in [1.807, 2.05) is 0 Å². The van der Waals surface area contributed by atoms with Crippen LogP contribution in [0.2, 0.25) is 0 Å². The van der Waals surface area contributed by atoms with Crippen molar-refractivity contribution in [3.8, 4) is 0 Å². The van der Waals surface area contributed by atoms with Gasteiger partial charge in [0.1, 0.15) is 16.3 Å². The molecule has 0 fully saturated rings. The third kappa shape index (κ3) is 4.57. The van der Waals surface area contributed by atoms with Crippen LogP contribution in [0.4, 0.5) is 10.1 Å². The van der Waals surface area contributed by atoms with Gasteiger partial charge in [-0.05, 0) is 45.0 Å². The van der Waals surface area contributed by atoms with Crippen molar-refractivity contribution in [2.45, 2.75) is 25.7 Å². The van der Waals surface area contributed by atoms with E-state index in [0.29, 0.717) is 11.4 Å². The maximum atomic E-state index is 13.0. The Kier molecular flexibility index (Phi) is 6.57. The lowest BCUT2D eigenvalue weighted by Crippen LogP contribution is -2.35. The monoisotopic (exact) mass is 411 g/mol. The van der Waals surface area contributed by atoms with E-state index in [1.54, 1.807) is 13.8 Å². The number of likely N-dealkylation sites (N-methyl/N-ethyl adjacent to an activating group) is 1. The van der Waals surface area contributed by atoms with Crippen LogP contribution in [0.5, 0.6) is 0 Å². The maximum Gasteiger partial charge on any atom is 0.341 e. The lowest BCUT2D eigenvalue weighted by molar-refractivity contribution is -0.116. The molecule has 0 spiro atoms. The first-order valence-corrected chi connectivity index (χ1v) is 9.90. The number of hydrogen-bond donors (Lipinski definition) is 2. The third-order valence-corrected chi connectivity index (χ3v) is 5.94. The lowest BCUT2D eigenvalue weighted by Gasteiger charge is -2.18. The minimum Gasteiger partial charge on any atom is -0.462 e. The second-order valence-corrected chi connectivity index (χ2v) is 8.10. The Labute approximate surface area is 162 Å². The largest absolute Gasteiger partial charge is 0.462 e. The summed E-state index contributed by atoms with van der Waals surface area (Å²) in [7, 11) is -2.92. The molecule has 28 heavy (non-hydrogen) atoms. The first kappa shape index (κ1) is 21.6. The van der Waals surface area contributed by atoms with E-state index in [4.69, 9.17) is 4.74 Å². The number of aromatic amines is 1. The summed E-state index contributed by atoms with van der Waals surface area (Å²) in [5.74, 6) is -1.82. The molecule has 0 radical (unpaired) electrons. The van der Waals surface area contributed by atoms with Crippen molar-refractivity contribution in [2.24, 2.45) is 0 Å². The van der Waals surface area contributed by atoms with Crippen LogP contribution in [-0.4, -0.2) is 49.8 Å². The fourth-order valence-corrected chi connectivity index (χ4v) is 4.24. The average molecular weight is 411 g/mol. The smallest absolute Gasteiger partial charge is 0.341 e. The maximum absolute atomic E-state index is 13.0. The van der Waals surface area contributed by atoms with E-state index in [1.165, 1.54) is 38.2 Å². The highest BCUT2D eigenvalue weighted by Crippen LogP contribution is 2.27.